The third kappa shape index (κ3) is 3.64. The first-order valence-corrected chi connectivity index (χ1v) is 6.46. The predicted molar refractivity (Wildman–Crippen MR) is 74.2 cm³/mol. The highest BCUT2D eigenvalue weighted by Gasteiger charge is 2.21. The van der Waals surface area contributed by atoms with Gasteiger partial charge in [0.2, 0.25) is 0 Å². The van der Waals surface area contributed by atoms with Gasteiger partial charge in [-0.15, -0.1) is 0 Å². The smallest absolute Gasteiger partial charge is 0.126 e. The second kappa shape index (κ2) is 5.53. The molecule has 0 saturated heterocycles. The largest absolute Gasteiger partial charge is 0.338 e. The van der Waals surface area contributed by atoms with Crippen LogP contribution in [0, 0.1) is 5.82 Å². The number of hydrogen-bond donors (Lipinski definition) is 1. The van der Waals surface area contributed by atoms with E-state index in [2.05, 4.69) is 4.98 Å². The molecule has 102 valence electrons. The highest BCUT2D eigenvalue weighted by molar-refractivity contribution is 5.19. The Balaban J connectivity index is 1.99. The van der Waals surface area contributed by atoms with Crippen molar-refractivity contribution in [1.82, 2.24) is 9.55 Å². The Hall–Kier alpha value is -1.68. The van der Waals surface area contributed by atoms with E-state index in [1.54, 1.807) is 18.3 Å². The topological polar surface area (TPSA) is 43.8 Å². The molecule has 3 nitrogen and oxygen atoms in total. The molecule has 1 heterocycles. The summed E-state index contributed by atoms with van der Waals surface area (Å²) in [6, 6.07) is 6.80. The molecule has 0 saturated carbocycles. The summed E-state index contributed by atoms with van der Waals surface area (Å²) in [5.74, 6) is 0.821. The second-order valence-corrected chi connectivity index (χ2v) is 5.38. The van der Waals surface area contributed by atoms with E-state index in [1.807, 2.05) is 30.8 Å². The Morgan fingerprint density at radius 3 is 2.74 bits per heavy atom. The molecule has 1 aromatic carbocycles. The molecule has 2 N–H and O–H groups in total. The van der Waals surface area contributed by atoms with Crippen molar-refractivity contribution in [2.24, 2.45) is 12.8 Å². The highest BCUT2D eigenvalue weighted by atomic mass is 19.1. The number of nitrogens with zero attached hydrogens (tertiary/aromatic N) is 2. The SMILES string of the molecule is Cn1ccnc1CCC(C)(N)Cc1ccccc1F. The van der Waals surface area contributed by atoms with Crippen LogP contribution in [0.15, 0.2) is 36.7 Å². The number of benzene rings is 1. The van der Waals surface area contributed by atoms with Crippen LogP contribution >= 0.6 is 0 Å². The van der Waals surface area contributed by atoms with Crippen LogP contribution in [0.1, 0.15) is 24.7 Å². The molecule has 0 aliphatic heterocycles. The van der Waals surface area contributed by atoms with Gasteiger partial charge in [-0.2, -0.15) is 0 Å². The van der Waals surface area contributed by atoms with Crippen molar-refractivity contribution in [2.75, 3.05) is 0 Å². The standard InChI is InChI=1S/C15H20FN3/c1-15(17,8-7-14-18-9-10-19(14)2)11-12-5-3-4-6-13(12)16/h3-6,9-10H,7-8,11,17H2,1-2H3. The average molecular weight is 261 g/mol. The van der Waals surface area contributed by atoms with Crippen molar-refractivity contribution in [3.05, 3.63) is 53.9 Å². The summed E-state index contributed by atoms with van der Waals surface area (Å²) in [6.07, 6.45) is 5.79. The molecule has 1 unspecified atom stereocenters. The molecule has 0 aliphatic carbocycles. The normalized spacial score (nSPS) is 14.3. The Kier molecular flexibility index (Phi) is 4.00. The van der Waals surface area contributed by atoms with E-state index in [0.29, 0.717) is 12.0 Å². The van der Waals surface area contributed by atoms with Crippen LogP contribution < -0.4 is 5.73 Å². The maximum atomic E-state index is 13.6. The Labute approximate surface area is 113 Å². The van der Waals surface area contributed by atoms with Crippen molar-refractivity contribution in [2.45, 2.75) is 31.7 Å². The summed E-state index contributed by atoms with van der Waals surface area (Å²) in [5, 5.41) is 0. The molecule has 0 amide bonds. The lowest BCUT2D eigenvalue weighted by Gasteiger charge is -2.24. The number of nitrogens with two attached hydrogens (primary N) is 1. The highest BCUT2D eigenvalue weighted by Crippen LogP contribution is 2.18. The molecule has 0 aliphatic rings. The first-order valence-electron chi connectivity index (χ1n) is 6.46. The summed E-state index contributed by atoms with van der Waals surface area (Å²) in [6.45, 7) is 1.96. The lowest BCUT2D eigenvalue weighted by molar-refractivity contribution is 0.415. The van der Waals surface area contributed by atoms with E-state index in [0.717, 1.165) is 18.7 Å². The molecular formula is C15H20FN3. The van der Waals surface area contributed by atoms with Gasteiger partial charge in [0.1, 0.15) is 11.6 Å². The Bertz CT molecular complexity index is 546. The monoisotopic (exact) mass is 261 g/mol. The van der Waals surface area contributed by atoms with Crippen LogP contribution in [0.3, 0.4) is 0 Å². The number of hydrogen-bond acceptors (Lipinski definition) is 2. The summed E-state index contributed by atoms with van der Waals surface area (Å²) in [7, 11) is 1.97. The van der Waals surface area contributed by atoms with Crippen LogP contribution in [-0.2, 0) is 19.9 Å². The zero-order valence-corrected chi connectivity index (χ0v) is 11.4. The van der Waals surface area contributed by atoms with Gasteiger partial charge in [-0.1, -0.05) is 18.2 Å². The molecule has 0 bridgehead atoms. The van der Waals surface area contributed by atoms with E-state index >= 15 is 0 Å². The Morgan fingerprint density at radius 1 is 1.37 bits per heavy atom. The second-order valence-electron chi connectivity index (χ2n) is 5.38. The zero-order valence-electron chi connectivity index (χ0n) is 11.4. The number of imidazole rings is 1. The minimum atomic E-state index is -0.436. The quantitative estimate of drug-likeness (QED) is 0.898. The van der Waals surface area contributed by atoms with Crippen LogP contribution in [0.25, 0.3) is 0 Å². The van der Waals surface area contributed by atoms with Crippen molar-refractivity contribution >= 4 is 0 Å². The number of halogens is 1. The van der Waals surface area contributed by atoms with E-state index in [9.17, 15) is 4.39 Å². The molecular weight excluding hydrogens is 241 g/mol. The lowest BCUT2D eigenvalue weighted by atomic mass is 9.89. The fourth-order valence-corrected chi connectivity index (χ4v) is 2.20. The van der Waals surface area contributed by atoms with Crippen molar-refractivity contribution < 1.29 is 4.39 Å². The molecule has 0 radical (unpaired) electrons. The summed E-state index contributed by atoms with van der Waals surface area (Å²) < 4.78 is 15.6. The first-order chi connectivity index (χ1) is 8.98. The predicted octanol–water partition coefficient (Wildman–Crippen LogP) is 2.45. The fraction of sp³-hybridized carbons (Fsp3) is 0.400. The molecule has 0 spiro atoms. The maximum Gasteiger partial charge on any atom is 0.126 e. The van der Waals surface area contributed by atoms with E-state index in [4.69, 9.17) is 5.73 Å². The third-order valence-corrected chi connectivity index (χ3v) is 3.39. The minimum absolute atomic E-state index is 0.184. The number of aryl methyl sites for hydroxylation is 2. The van der Waals surface area contributed by atoms with Gasteiger partial charge in [0.05, 0.1) is 0 Å². The van der Waals surface area contributed by atoms with E-state index < -0.39 is 5.54 Å². The van der Waals surface area contributed by atoms with Crippen LogP contribution in [0.4, 0.5) is 4.39 Å². The fourth-order valence-electron chi connectivity index (χ4n) is 2.20. The first kappa shape index (κ1) is 13.7. The van der Waals surface area contributed by atoms with Gasteiger partial charge in [0.15, 0.2) is 0 Å². The number of rotatable bonds is 5. The van der Waals surface area contributed by atoms with Crippen LogP contribution in [-0.4, -0.2) is 15.1 Å². The van der Waals surface area contributed by atoms with Crippen LogP contribution in [0.5, 0.6) is 0 Å². The van der Waals surface area contributed by atoms with E-state index in [-0.39, 0.29) is 5.82 Å². The van der Waals surface area contributed by atoms with Gasteiger partial charge in [-0.25, -0.2) is 9.37 Å². The summed E-state index contributed by atoms with van der Waals surface area (Å²) in [5.41, 5.74) is 6.52. The summed E-state index contributed by atoms with van der Waals surface area (Å²) in [4.78, 5) is 4.28. The van der Waals surface area contributed by atoms with Gasteiger partial charge in [-0.05, 0) is 31.4 Å². The van der Waals surface area contributed by atoms with Crippen molar-refractivity contribution in [3.8, 4) is 0 Å². The lowest BCUT2D eigenvalue weighted by Crippen LogP contribution is -2.39. The van der Waals surface area contributed by atoms with Crippen LogP contribution in [0.2, 0.25) is 0 Å². The minimum Gasteiger partial charge on any atom is -0.338 e. The molecule has 2 aromatic rings. The van der Waals surface area contributed by atoms with Gasteiger partial charge < -0.3 is 10.3 Å². The van der Waals surface area contributed by atoms with Gasteiger partial charge in [0, 0.05) is 31.4 Å². The van der Waals surface area contributed by atoms with Crippen molar-refractivity contribution in [3.63, 3.8) is 0 Å². The molecule has 4 heteroatoms. The van der Waals surface area contributed by atoms with Gasteiger partial charge >= 0.3 is 0 Å². The van der Waals surface area contributed by atoms with Gasteiger partial charge in [-0.3, -0.25) is 0 Å². The summed E-state index contributed by atoms with van der Waals surface area (Å²) >= 11 is 0. The molecule has 1 atom stereocenters. The molecule has 19 heavy (non-hydrogen) atoms. The zero-order chi connectivity index (χ0) is 13.9. The maximum absolute atomic E-state index is 13.6. The number of aromatic nitrogens is 2. The molecule has 2 rings (SSSR count). The van der Waals surface area contributed by atoms with Gasteiger partial charge in [0.25, 0.3) is 0 Å². The Morgan fingerprint density at radius 2 is 2.11 bits per heavy atom. The molecule has 0 fully saturated rings. The third-order valence-electron chi connectivity index (χ3n) is 3.39. The molecule has 1 aromatic heterocycles. The average Bonchev–Trinajstić information content (AvgIpc) is 2.75. The van der Waals surface area contributed by atoms with E-state index in [1.165, 1.54) is 6.07 Å². The van der Waals surface area contributed by atoms with Crippen molar-refractivity contribution in [1.29, 1.82) is 0 Å².